The molecule has 66 valence electrons. The third-order valence-corrected chi connectivity index (χ3v) is 1.99. The zero-order chi connectivity index (χ0) is 9.35. The Labute approximate surface area is 68.3 Å². The molecule has 0 aliphatic carbocycles. The number of rotatable bonds is 1. The summed E-state index contributed by atoms with van der Waals surface area (Å²) in [6.45, 7) is 1.33. The minimum atomic E-state index is -4.82. The van der Waals surface area contributed by atoms with Gasteiger partial charge >= 0.3 is 10.2 Å². The lowest BCUT2D eigenvalue weighted by atomic mass is 10.3. The molecule has 0 saturated heterocycles. The van der Waals surface area contributed by atoms with E-state index < -0.39 is 21.1 Å². The first-order valence-electron chi connectivity index (χ1n) is 2.98. The fourth-order valence-electron chi connectivity index (χ4n) is 0.647. The normalized spacial score (nSPS) is 11.6. The highest BCUT2D eigenvalue weighted by Gasteiger charge is 2.14. The van der Waals surface area contributed by atoms with Crippen molar-refractivity contribution in [3.63, 3.8) is 0 Å². The molecular weight excluding hydrogens is 188 g/mol. The van der Waals surface area contributed by atoms with Crippen molar-refractivity contribution in [1.82, 2.24) is 4.98 Å². The van der Waals surface area contributed by atoms with Gasteiger partial charge in [-0.15, -0.1) is 0 Å². The van der Waals surface area contributed by atoms with Crippen LogP contribution >= 0.6 is 0 Å². The summed E-state index contributed by atoms with van der Waals surface area (Å²) in [5.74, 6) is -0.664. The molecule has 0 aromatic carbocycles. The van der Waals surface area contributed by atoms with Crippen LogP contribution in [0.4, 0.5) is 8.28 Å². The fraction of sp³-hybridized carbons (Fsp3) is 0.167. The maximum absolute atomic E-state index is 12.5. The van der Waals surface area contributed by atoms with Crippen molar-refractivity contribution in [3.05, 3.63) is 23.6 Å². The van der Waals surface area contributed by atoms with Gasteiger partial charge in [0.1, 0.15) is 5.82 Å². The molecule has 0 bridgehead atoms. The average molecular weight is 193 g/mol. The van der Waals surface area contributed by atoms with Crippen LogP contribution in [0.15, 0.2) is 17.3 Å². The van der Waals surface area contributed by atoms with Crippen LogP contribution in [0.3, 0.4) is 0 Å². The zero-order valence-corrected chi connectivity index (χ0v) is 6.90. The van der Waals surface area contributed by atoms with Gasteiger partial charge in [0.2, 0.25) is 0 Å². The molecule has 0 atom stereocenters. The van der Waals surface area contributed by atoms with E-state index in [9.17, 15) is 16.7 Å². The molecule has 0 aliphatic rings. The number of hydrogen-bond donors (Lipinski definition) is 0. The van der Waals surface area contributed by atoms with E-state index in [2.05, 4.69) is 4.98 Å². The number of pyridine rings is 1. The van der Waals surface area contributed by atoms with Crippen LogP contribution in [0.2, 0.25) is 0 Å². The van der Waals surface area contributed by atoms with Crippen molar-refractivity contribution in [2.45, 2.75) is 11.9 Å². The van der Waals surface area contributed by atoms with Crippen molar-refractivity contribution >= 4 is 10.2 Å². The molecular formula is C6H5F2NO2S. The second-order valence-electron chi connectivity index (χ2n) is 2.21. The second-order valence-corrected chi connectivity index (χ2v) is 3.50. The van der Waals surface area contributed by atoms with Crippen LogP contribution in [0.5, 0.6) is 0 Å². The van der Waals surface area contributed by atoms with E-state index in [1.54, 1.807) is 0 Å². The molecule has 0 N–H and O–H groups in total. The third-order valence-electron chi connectivity index (χ3n) is 1.27. The zero-order valence-electron chi connectivity index (χ0n) is 6.08. The van der Waals surface area contributed by atoms with Crippen molar-refractivity contribution in [2.24, 2.45) is 0 Å². The summed E-state index contributed by atoms with van der Waals surface area (Å²) in [5.41, 5.74) is 0.0428. The predicted octanol–water partition coefficient (Wildman–Crippen LogP) is 1.19. The van der Waals surface area contributed by atoms with E-state index in [1.807, 2.05) is 0 Å². The summed E-state index contributed by atoms with van der Waals surface area (Å²) in [5, 5.41) is -0.763. The minimum Gasteiger partial charge on any atom is -0.239 e. The van der Waals surface area contributed by atoms with E-state index in [0.29, 0.717) is 6.20 Å². The first kappa shape index (κ1) is 9.05. The molecule has 12 heavy (non-hydrogen) atoms. The summed E-state index contributed by atoms with van der Waals surface area (Å²) in [6, 6.07) is 0.838. The molecule has 3 nitrogen and oxygen atoms in total. The van der Waals surface area contributed by atoms with Gasteiger partial charge < -0.3 is 0 Å². The summed E-state index contributed by atoms with van der Waals surface area (Å²) < 4.78 is 45.2. The molecule has 0 aliphatic heterocycles. The molecule has 6 heteroatoms. The second kappa shape index (κ2) is 2.78. The quantitative estimate of drug-likeness (QED) is 0.629. The molecule has 0 saturated carbocycles. The van der Waals surface area contributed by atoms with E-state index in [-0.39, 0.29) is 5.56 Å². The Morgan fingerprint density at radius 3 is 2.50 bits per heavy atom. The van der Waals surface area contributed by atoms with Crippen molar-refractivity contribution in [3.8, 4) is 0 Å². The molecule has 1 aromatic heterocycles. The summed E-state index contributed by atoms with van der Waals surface area (Å²) in [6.07, 6.45) is 0.668. The summed E-state index contributed by atoms with van der Waals surface area (Å²) in [7, 11) is -4.82. The van der Waals surface area contributed by atoms with Gasteiger partial charge in [-0.25, -0.2) is 9.37 Å². The Morgan fingerprint density at radius 2 is 2.08 bits per heavy atom. The number of halogens is 2. The summed E-state index contributed by atoms with van der Waals surface area (Å²) in [4.78, 5) is 3.07. The number of nitrogens with zero attached hydrogens (tertiary/aromatic N) is 1. The van der Waals surface area contributed by atoms with Gasteiger partial charge in [0.15, 0.2) is 5.03 Å². The highest BCUT2D eigenvalue weighted by Crippen LogP contribution is 2.12. The standard InChI is InChI=1S/C6H5F2NO2S/c1-4-2-6(12(8,10)11)9-3-5(4)7/h2-3H,1H3. The SMILES string of the molecule is Cc1cc(S(=O)(=O)F)ncc1F. The maximum Gasteiger partial charge on any atom is 0.349 e. The molecule has 0 fully saturated rings. The monoisotopic (exact) mass is 193 g/mol. The highest BCUT2D eigenvalue weighted by atomic mass is 32.3. The van der Waals surface area contributed by atoms with Crippen LogP contribution in [-0.2, 0) is 10.2 Å². The third kappa shape index (κ3) is 1.76. The van der Waals surface area contributed by atoms with E-state index in [1.165, 1.54) is 6.92 Å². The predicted molar refractivity (Wildman–Crippen MR) is 37.2 cm³/mol. The van der Waals surface area contributed by atoms with Crippen LogP contribution in [0.25, 0.3) is 0 Å². The van der Waals surface area contributed by atoms with Crippen molar-refractivity contribution in [2.75, 3.05) is 0 Å². The smallest absolute Gasteiger partial charge is 0.239 e. The molecule has 0 unspecified atom stereocenters. The van der Waals surface area contributed by atoms with Gasteiger partial charge in [-0.1, -0.05) is 3.89 Å². The van der Waals surface area contributed by atoms with Gasteiger partial charge in [0.05, 0.1) is 6.20 Å². The molecule has 1 rings (SSSR count). The fourth-order valence-corrected chi connectivity index (χ4v) is 1.14. The molecule has 1 heterocycles. The Morgan fingerprint density at radius 1 is 1.50 bits per heavy atom. The maximum atomic E-state index is 12.5. The lowest BCUT2D eigenvalue weighted by Crippen LogP contribution is -1.97. The number of aryl methyl sites for hydroxylation is 1. The van der Waals surface area contributed by atoms with E-state index in [0.717, 1.165) is 6.07 Å². The van der Waals surface area contributed by atoms with Gasteiger partial charge in [-0.2, -0.15) is 8.42 Å². The largest absolute Gasteiger partial charge is 0.349 e. The Bertz CT molecular complexity index is 402. The van der Waals surface area contributed by atoms with Gasteiger partial charge in [0.25, 0.3) is 0 Å². The lowest BCUT2D eigenvalue weighted by molar-refractivity contribution is 0.545. The molecule has 0 spiro atoms. The van der Waals surface area contributed by atoms with Gasteiger partial charge in [-0.05, 0) is 18.6 Å². The van der Waals surface area contributed by atoms with E-state index >= 15 is 0 Å². The van der Waals surface area contributed by atoms with Crippen molar-refractivity contribution in [1.29, 1.82) is 0 Å². The minimum absolute atomic E-state index is 0.0428. The van der Waals surface area contributed by atoms with Crippen LogP contribution in [-0.4, -0.2) is 13.4 Å². The van der Waals surface area contributed by atoms with Crippen LogP contribution in [0, 0.1) is 12.7 Å². The van der Waals surface area contributed by atoms with E-state index in [4.69, 9.17) is 0 Å². The van der Waals surface area contributed by atoms with Crippen LogP contribution < -0.4 is 0 Å². The van der Waals surface area contributed by atoms with Crippen molar-refractivity contribution < 1.29 is 16.7 Å². The van der Waals surface area contributed by atoms with Gasteiger partial charge in [-0.3, -0.25) is 0 Å². The van der Waals surface area contributed by atoms with Crippen LogP contribution in [0.1, 0.15) is 5.56 Å². The average Bonchev–Trinajstić information content (AvgIpc) is 1.92. The number of hydrogen-bond acceptors (Lipinski definition) is 3. The molecule has 0 amide bonds. The summed E-state index contributed by atoms with van der Waals surface area (Å²) >= 11 is 0. The first-order valence-corrected chi connectivity index (χ1v) is 4.36. The topological polar surface area (TPSA) is 47.0 Å². The first-order chi connectivity index (χ1) is 5.41. The number of aromatic nitrogens is 1. The lowest BCUT2D eigenvalue weighted by Gasteiger charge is -1.96. The molecule has 1 aromatic rings. The highest BCUT2D eigenvalue weighted by molar-refractivity contribution is 7.86. The Kier molecular flexibility index (Phi) is 2.10. The Balaban J connectivity index is 3.33. The molecule has 0 radical (unpaired) electrons. The Hall–Kier alpha value is -1.04. The van der Waals surface area contributed by atoms with Gasteiger partial charge in [0, 0.05) is 0 Å².